The predicted octanol–water partition coefficient (Wildman–Crippen LogP) is 4.13. The van der Waals surface area contributed by atoms with E-state index in [1.165, 1.54) is 32.3 Å². The van der Waals surface area contributed by atoms with Crippen molar-refractivity contribution in [3.8, 4) is 0 Å². The minimum atomic E-state index is -0.286. The lowest BCUT2D eigenvalue weighted by atomic mass is 10.0. The number of hydrogen-bond donors (Lipinski definition) is 4. The normalized spacial score (nSPS) is 16.3. The van der Waals surface area contributed by atoms with Gasteiger partial charge in [0, 0.05) is 36.4 Å². The molecule has 0 spiro atoms. The molecule has 3 aromatic heterocycles. The van der Waals surface area contributed by atoms with Crippen LogP contribution in [0.4, 0.5) is 29.1 Å². The van der Waals surface area contributed by atoms with E-state index in [4.69, 9.17) is 10.7 Å². The highest BCUT2D eigenvalue weighted by Gasteiger charge is 2.28. The van der Waals surface area contributed by atoms with Crippen molar-refractivity contribution in [1.29, 1.82) is 0 Å². The van der Waals surface area contributed by atoms with Crippen molar-refractivity contribution in [1.82, 2.24) is 35.0 Å². The summed E-state index contributed by atoms with van der Waals surface area (Å²) < 4.78 is 0. The molecule has 0 unspecified atom stereocenters. The van der Waals surface area contributed by atoms with Crippen molar-refractivity contribution < 1.29 is 4.79 Å². The number of nitrogens with one attached hydrogen (secondary N) is 3. The van der Waals surface area contributed by atoms with Crippen molar-refractivity contribution >= 4 is 51.6 Å². The Morgan fingerprint density at radius 3 is 2.59 bits per heavy atom. The molecule has 41 heavy (non-hydrogen) atoms. The number of anilines is 5. The van der Waals surface area contributed by atoms with Gasteiger partial charge in [-0.1, -0.05) is 12.6 Å². The van der Waals surface area contributed by atoms with E-state index in [0.29, 0.717) is 51.7 Å². The van der Waals surface area contributed by atoms with Gasteiger partial charge in [-0.3, -0.25) is 9.89 Å². The molecule has 2 saturated heterocycles. The SMILES string of the molecule is C=C(C)c1cc(NC(=O)c2ccc(C)c(Nc3ncnc4c(N)nc(N5CCC(N6CCCC6)CC5)nc34)c2)n[nH]1. The molecule has 12 nitrogen and oxygen atoms in total. The first kappa shape index (κ1) is 26.6. The molecule has 0 atom stereocenters. The highest BCUT2D eigenvalue weighted by Crippen LogP contribution is 2.30. The lowest BCUT2D eigenvalue weighted by Gasteiger charge is -2.36. The second kappa shape index (κ2) is 11.1. The number of nitrogen functional groups attached to an aromatic ring is 1. The molecule has 4 aromatic rings. The number of piperidine rings is 1. The van der Waals surface area contributed by atoms with Crippen LogP contribution in [0.5, 0.6) is 0 Å². The molecule has 5 heterocycles. The lowest BCUT2D eigenvalue weighted by Crippen LogP contribution is -2.44. The second-order valence-corrected chi connectivity index (χ2v) is 10.8. The molecule has 212 valence electrons. The molecule has 1 aromatic carbocycles. The average molecular weight is 554 g/mol. The summed E-state index contributed by atoms with van der Waals surface area (Å²) in [6.07, 6.45) is 6.20. The van der Waals surface area contributed by atoms with Gasteiger partial charge >= 0.3 is 0 Å². The monoisotopic (exact) mass is 553 g/mol. The second-order valence-electron chi connectivity index (χ2n) is 10.8. The zero-order chi connectivity index (χ0) is 28.5. The van der Waals surface area contributed by atoms with Gasteiger partial charge in [0.2, 0.25) is 5.95 Å². The Balaban J connectivity index is 1.23. The maximum Gasteiger partial charge on any atom is 0.256 e. The summed E-state index contributed by atoms with van der Waals surface area (Å²) in [7, 11) is 0. The van der Waals surface area contributed by atoms with E-state index >= 15 is 0 Å². The molecule has 0 aliphatic carbocycles. The number of likely N-dealkylation sites (tertiary alicyclic amines) is 1. The molecule has 6 rings (SSSR count). The van der Waals surface area contributed by atoms with Gasteiger partial charge in [0.25, 0.3) is 5.91 Å². The number of fused-ring (bicyclic) bond motifs is 1. The molecule has 5 N–H and O–H groups in total. The molecule has 0 radical (unpaired) electrons. The van der Waals surface area contributed by atoms with Crippen LogP contribution in [0.25, 0.3) is 16.6 Å². The van der Waals surface area contributed by atoms with Gasteiger partial charge in [0.15, 0.2) is 17.5 Å². The summed E-state index contributed by atoms with van der Waals surface area (Å²) in [5.74, 6) is 1.54. The topological polar surface area (TPSA) is 154 Å². The van der Waals surface area contributed by atoms with Crippen molar-refractivity contribution in [3.63, 3.8) is 0 Å². The summed E-state index contributed by atoms with van der Waals surface area (Å²) in [6, 6.07) is 7.80. The Labute approximate surface area is 238 Å². The average Bonchev–Trinajstić information content (AvgIpc) is 3.68. The van der Waals surface area contributed by atoms with E-state index in [9.17, 15) is 4.79 Å². The number of H-pyrrole nitrogens is 1. The number of benzene rings is 1. The first-order valence-corrected chi connectivity index (χ1v) is 14.0. The summed E-state index contributed by atoms with van der Waals surface area (Å²) in [4.78, 5) is 36.1. The van der Waals surface area contributed by atoms with Crippen LogP contribution in [0, 0.1) is 6.92 Å². The third-order valence-electron chi connectivity index (χ3n) is 7.93. The van der Waals surface area contributed by atoms with Crippen LogP contribution in [0.1, 0.15) is 54.2 Å². The van der Waals surface area contributed by atoms with E-state index in [1.54, 1.807) is 18.2 Å². The van der Waals surface area contributed by atoms with E-state index in [2.05, 4.69) is 52.2 Å². The number of nitrogens with zero attached hydrogens (tertiary/aromatic N) is 7. The van der Waals surface area contributed by atoms with Gasteiger partial charge in [-0.25, -0.2) is 15.0 Å². The largest absolute Gasteiger partial charge is 0.382 e. The first-order chi connectivity index (χ1) is 19.9. The van der Waals surface area contributed by atoms with Crippen LogP contribution >= 0.6 is 0 Å². The van der Waals surface area contributed by atoms with Gasteiger partial charge in [0.1, 0.15) is 17.4 Å². The van der Waals surface area contributed by atoms with Crippen molar-refractivity contribution in [2.75, 3.05) is 47.4 Å². The minimum Gasteiger partial charge on any atom is -0.382 e. The molecule has 2 fully saturated rings. The highest BCUT2D eigenvalue weighted by atomic mass is 16.1. The summed E-state index contributed by atoms with van der Waals surface area (Å²) >= 11 is 0. The number of carbonyl (C=O) groups is 1. The van der Waals surface area contributed by atoms with Gasteiger partial charge < -0.3 is 26.2 Å². The third kappa shape index (κ3) is 5.55. The Hall–Kier alpha value is -4.58. The fourth-order valence-electron chi connectivity index (χ4n) is 5.55. The fourth-order valence-corrected chi connectivity index (χ4v) is 5.55. The number of rotatable bonds is 7. The van der Waals surface area contributed by atoms with Crippen LogP contribution < -0.4 is 21.3 Å². The van der Waals surface area contributed by atoms with Crippen LogP contribution in [0.2, 0.25) is 0 Å². The molecule has 0 saturated carbocycles. The number of nitrogens with two attached hydrogens (primary N) is 1. The number of allylic oxidation sites excluding steroid dienone is 1. The molecular weight excluding hydrogens is 518 g/mol. The van der Waals surface area contributed by atoms with Crippen LogP contribution in [0.3, 0.4) is 0 Å². The van der Waals surface area contributed by atoms with Crippen LogP contribution in [0.15, 0.2) is 37.2 Å². The maximum absolute atomic E-state index is 13.0. The lowest BCUT2D eigenvalue weighted by molar-refractivity contribution is 0.102. The van der Waals surface area contributed by atoms with E-state index < -0.39 is 0 Å². The minimum absolute atomic E-state index is 0.286. The molecule has 0 bridgehead atoms. The third-order valence-corrected chi connectivity index (χ3v) is 7.93. The number of aryl methyl sites for hydroxylation is 1. The Bertz CT molecular complexity index is 1600. The molecular formula is C29H35N11O. The number of aromatic amines is 1. The van der Waals surface area contributed by atoms with Crippen LogP contribution in [-0.4, -0.2) is 73.2 Å². The van der Waals surface area contributed by atoms with Crippen molar-refractivity contribution in [3.05, 3.63) is 54.0 Å². The Morgan fingerprint density at radius 1 is 1.07 bits per heavy atom. The fraction of sp³-hybridized carbons (Fsp3) is 0.379. The van der Waals surface area contributed by atoms with Crippen molar-refractivity contribution in [2.45, 2.75) is 45.6 Å². The Morgan fingerprint density at radius 2 is 1.85 bits per heavy atom. The zero-order valence-corrected chi connectivity index (χ0v) is 23.4. The molecule has 2 aliphatic heterocycles. The molecule has 2 aliphatic rings. The van der Waals surface area contributed by atoms with Crippen molar-refractivity contribution in [2.24, 2.45) is 0 Å². The highest BCUT2D eigenvalue weighted by molar-refractivity contribution is 6.05. The van der Waals surface area contributed by atoms with Gasteiger partial charge in [-0.05, 0) is 75.9 Å². The first-order valence-electron chi connectivity index (χ1n) is 14.0. The smallest absolute Gasteiger partial charge is 0.256 e. The predicted molar refractivity (Wildman–Crippen MR) is 161 cm³/mol. The quantitative estimate of drug-likeness (QED) is 0.263. The standard InChI is InChI=1S/C29H35N11O/c1-17(2)21-15-23(38-37-21)34-28(41)19-7-6-18(3)22(14-19)33-27-25-24(31-16-32-27)26(30)36-29(35-25)40-12-8-20(9-13-40)39-10-4-5-11-39/h6-7,14-16,20H,1,4-5,8-13H2,2-3H3,(H2,30,35,36)(H,31,32,33)(H2,34,37,38,41). The van der Waals surface area contributed by atoms with E-state index in [1.807, 2.05) is 19.9 Å². The van der Waals surface area contributed by atoms with Gasteiger partial charge in [-0.2, -0.15) is 10.1 Å². The van der Waals surface area contributed by atoms with Gasteiger partial charge in [-0.15, -0.1) is 0 Å². The van der Waals surface area contributed by atoms with E-state index in [0.717, 1.165) is 42.8 Å². The Kier molecular flexibility index (Phi) is 7.23. The van der Waals surface area contributed by atoms with Crippen LogP contribution in [-0.2, 0) is 0 Å². The summed E-state index contributed by atoms with van der Waals surface area (Å²) in [5.41, 5.74) is 11.1. The van der Waals surface area contributed by atoms with E-state index in [-0.39, 0.29) is 5.91 Å². The zero-order valence-electron chi connectivity index (χ0n) is 23.4. The molecule has 1 amide bonds. The number of hydrogen-bond acceptors (Lipinski definition) is 10. The van der Waals surface area contributed by atoms with Gasteiger partial charge in [0.05, 0.1) is 5.69 Å². The maximum atomic E-state index is 13.0. The number of amides is 1. The summed E-state index contributed by atoms with van der Waals surface area (Å²) in [6.45, 7) is 11.9. The molecule has 12 heteroatoms. The summed E-state index contributed by atoms with van der Waals surface area (Å²) in [5, 5.41) is 13.2. The number of aromatic nitrogens is 6. The number of carbonyl (C=O) groups excluding carboxylic acids is 1.